The van der Waals surface area contributed by atoms with E-state index in [2.05, 4.69) is 22.4 Å². The first-order valence-electron chi connectivity index (χ1n) is 9.60. The molecule has 0 saturated carbocycles. The summed E-state index contributed by atoms with van der Waals surface area (Å²) < 4.78 is 5.42. The molecule has 3 N–H and O–H groups in total. The third kappa shape index (κ3) is 4.03. The highest BCUT2D eigenvalue weighted by Gasteiger charge is 2.29. The van der Waals surface area contributed by atoms with Gasteiger partial charge in [0.1, 0.15) is 18.8 Å². The van der Waals surface area contributed by atoms with Crippen LogP contribution in [-0.2, 0) is 4.74 Å². The van der Waals surface area contributed by atoms with Crippen molar-refractivity contribution in [1.82, 2.24) is 10.3 Å². The maximum atomic E-state index is 12.2. The van der Waals surface area contributed by atoms with E-state index in [0.29, 0.717) is 5.56 Å². The molecule has 1 aromatic heterocycles. The summed E-state index contributed by atoms with van der Waals surface area (Å²) in [6.07, 6.45) is -0.314. The zero-order valence-electron chi connectivity index (χ0n) is 16.0. The van der Waals surface area contributed by atoms with Crippen LogP contribution in [0, 0.1) is 0 Å². The van der Waals surface area contributed by atoms with E-state index >= 15 is 0 Å². The summed E-state index contributed by atoms with van der Waals surface area (Å²) >= 11 is 5.99. The topological polar surface area (TPSA) is 91.7 Å². The van der Waals surface area contributed by atoms with Crippen LogP contribution in [0.4, 0.5) is 4.79 Å². The van der Waals surface area contributed by atoms with Gasteiger partial charge >= 0.3 is 6.09 Å². The van der Waals surface area contributed by atoms with Crippen LogP contribution in [0.1, 0.15) is 28.7 Å². The molecular weight excluding hydrogens is 404 g/mol. The van der Waals surface area contributed by atoms with Gasteiger partial charge in [0.05, 0.1) is 5.02 Å². The Labute approximate surface area is 179 Å². The predicted octanol–water partition coefficient (Wildman–Crippen LogP) is 3.67. The number of benzene rings is 2. The molecular formula is C23H21ClN2O4. The van der Waals surface area contributed by atoms with Crippen LogP contribution in [0.2, 0.25) is 5.02 Å². The van der Waals surface area contributed by atoms with E-state index in [1.807, 2.05) is 36.4 Å². The maximum absolute atomic E-state index is 12.2. The van der Waals surface area contributed by atoms with Crippen molar-refractivity contribution < 1.29 is 19.7 Å². The van der Waals surface area contributed by atoms with Crippen LogP contribution in [0.3, 0.4) is 0 Å². The van der Waals surface area contributed by atoms with Gasteiger partial charge in [-0.25, -0.2) is 4.79 Å². The maximum Gasteiger partial charge on any atom is 0.407 e. The molecule has 0 saturated heterocycles. The summed E-state index contributed by atoms with van der Waals surface area (Å²) in [7, 11) is 0. The molecule has 3 aromatic rings. The normalized spacial score (nSPS) is 14.5. The molecule has 2 aromatic carbocycles. The number of nitrogens with zero attached hydrogens (tertiary/aromatic N) is 1. The number of aliphatic hydroxyl groups excluding tert-OH is 2. The molecule has 0 radical (unpaired) electrons. The minimum absolute atomic E-state index is 0.0470. The molecule has 4 rings (SSSR count). The van der Waals surface area contributed by atoms with E-state index in [-0.39, 0.29) is 24.1 Å². The fourth-order valence-corrected chi connectivity index (χ4v) is 4.01. The second-order valence-electron chi connectivity index (χ2n) is 7.12. The van der Waals surface area contributed by atoms with Gasteiger partial charge < -0.3 is 20.3 Å². The molecule has 0 fully saturated rings. The fraction of sp³-hybridized carbons (Fsp3) is 0.217. The summed E-state index contributed by atoms with van der Waals surface area (Å²) in [4.78, 5) is 16.0. The van der Waals surface area contributed by atoms with Crippen LogP contribution in [0.5, 0.6) is 0 Å². The van der Waals surface area contributed by atoms with Crippen molar-refractivity contribution in [3.05, 3.63) is 88.7 Å². The average Bonchev–Trinajstić information content (AvgIpc) is 3.09. The number of hydrogen-bond acceptors (Lipinski definition) is 5. The van der Waals surface area contributed by atoms with Crippen LogP contribution in [0.25, 0.3) is 11.1 Å². The Morgan fingerprint density at radius 3 is 2.33 bits per heavy atom. The fourth-order valence-electron chi connectivity index (χ4n) is 3.78. The van der Waals surface area contributed by atoms with Crippen molar-refractivity contribution in [2.24, 2.45) is 0 Å². The van der Waals surface area contributed by atoms with E-state index in [1.54, 1.807) is 0 Å². The smallest absolute Gasteiger partial charge is 0.407 e. The van der Waals surface area contributed by atoms with Crippen molar-refractivity contribution in [3.8, 4) is 11.1 Å². The lowest BCUT2D eigenvalue weighted by molar-refractivity contribution is 0.0185. The van der Waals surface area contributed by atoms with Gasteiger partial charge in [-0.3, -0.25) is 4.98 Å². The SMILES string of the molecule is O=C(NCC(O)C(O)c1ccncc1Cl)OCC1c2ccccc2-c2ccccc21. The molecule has 2 atom stereocenters. The quantitative estimate of drug-likeness (QED) is 0.561. The first kappa shape index (κ1) is 20.3. The molecule has 0 aliphatic heterocycles. The zero-order valence-corrected chi connectivity index (χ0v) is 16.8. The molecule has 30 heavy (non-hydrogen) atoms. The Morgan fingerprint density at radius 2 is 1.70 bits per heavy atom. The number of aliphatic hydroxyl groups is 2. The molecule has 6 nitrogen and oxygen atoms in total. The van der Waals surface area contributed by atoms with Gasteiger partial charge in [0.25, 0.3) is 0 Å². The summed E-state index contributed by atoms with van der Waals surface area (Å²) in [5.74, 6) is -0.0470. The minimum Gasteiger partial charge on any atom is -0.449 e. The molecule has 2 unspecified atom stereocenters. The number of alkyl carbamates (subject to hydrolysis) is 1. The Hall–Kier alpha value is -2.93. The summed E-state index contributed by atoms with van der Waals surface area (Å²) in [6.45, 7) is -0.00875. The molecule has 1 aliphatic rings. The lowest BCUT2D eigenvalue weighted by Gasteiger charge is -2.20. The first-order chi connectivity index (χ1) is 14.6. The first-order valence-corrected chi connectivity index (χ1v) is 9.98. The lowest BCUT2D eigenvalue weighted by Crippen LogP contribution is -2.36. The van der Waals surface area contributed by atoms with E-state index in [1.165, 1.54) is 18.5 Å². The van der Waals surface area contributed by atoms with Gasteiger partial charge in [-0.05, 0) is 28.3 Å². The summed E-state index contributed by atoms with van der Waals surface area (Å²) in [5.41, 5.74) is 4.88. The third-order valence-electron chi connectivity index (χ3n) is 5.29. The van der Waals surface area contributed by atoms with Crippen molar-refractivity contribution in [2.45, 2.75) is 18.1 Å². The van der Waals surface area contributed by atoms with Crippen molar-refractivity contribution in [2.75, 3.05) is 13.2 Å². The monoisotopic (exact) mass is 424 g/mol. The average molecular weight is 425 g/mol. The standard InChI is InChI=1S/C23H21ClN2O4/c24-20-11-25-10-9-18(20)22(28)21(27)12-26-23(29)30-13-19-16-7-3-1-5-14(16)15-6-2-4-8-17(15)19/h1-11,19,21-22,27-28H,12-13H2,(H,26,29). The Morgan fingerprint density at radius 1 is 1.07 bits per heavy atom. The van der Waals surface area contributed by atoms with Crippen LogP contribution < -0.4 is 5.32 Å². The van der Waals surface area contributed by atoms with Gasteiger partial charge in [-0.2, -0.15) is 0 Å². The number of pyridine rings is 1. The molecule has 1 amide bonds. The van der Waals surface area contributed by atoms with Crippen molar-refractivity contribution in [1.29, 1.82) is 0 Å². The Kier molecular flexibility index (Phi) is 5.99. The number of rotatable bonds is 6. The largest absolute Gasteiger partial charge is 0.449 e. The van der Waals surface area contributed by atoms with Gasteiger partial charge in [0, 0.05) is 30.4 Å². The molecule has 0 bridgehead atoms. The molecule has 7 heteroatoms. The molecule has 1 heterocycles. The van der Waals surface area contributed by atoms with Gasteiger partial charge in [-0.1, -0.05) is 60.1 Å². The second kappa shape index (κ2) is 8.83. The number of carbonyl (C=O) groups excluding carboxylic acids is 1. The number of amides is 1. The van der Waals surface area contributed by atoms with Crippen molar-refractivity contribution >= 4 is 17.7 Å². The highest BCUT2D eigenvalue weighted by Crippen LogP contribution is 2.44. The zero-order chi connectivity index (χ0) is 21.1. The van der Waals surface area contributed by atoms with Crippen LogP contribution in [-0.4, -0.2) is 40.5 Å². The van der Waals surface area contributed by atoms with Crippen LogP contribution in [0.15, 0.2) is 67.0 Å². The van der Waals surface area contributed by atoms with Gasteiger partial charge in [0.15, 0.2) is 0 Å². The number of carbonyl (C=O) groups is 1. The predicted molar refractivity (Wildman–Crippen MR) is 113 cm³/mol. The van der Waals surface area contributed by atoms with Crippen LogP contribution >= 0.6 is 11.6 Å². The Bertz CT molecular complexity index is 1010. The molecule has 1 aliphatic carbocycles. The highest BCUT2D eigenvalue weighted by molar-refractivity contribution is 6.31. The van der Waals surface area contributed by atoms with E-state index in [0.717, 1.165) is 22.3 Å². The van der Waals surface area contributed by atoms with E-state index in [9.17, 15) is 15.0 Å². The van der Waals surface area contributed by atoms with Gasteiger partial charge in [-0.15, -0.1) is 0 Å². The second-order valence-corrected chi connectivity index (χ2v) is 7.52. The Balaban J connectivity index is 1.35. The van der Waals surface area contributed by atoms with Crippen molar-refractivity contribution in [3.63, 3.8) is 0 Å². The van der Waals surface area contributed by atoms with E-state index in [4.69, 9.17) is 16.3 Å². The number of halogens is 1. The van der Waals surface area contributed by atoms with Gasteiger partial charge in [0.2, 0.25) is 0 Å². The summed E-state index contributed by atoms with van der Waals surface area (Å²) in [6, 6.07) is 17.7. The number of hydrogen-bond donors (Lipinski definition) is 3. The van der Waals surface area contributed by atoms with E-state index < -0.39 is 18.3 Å². The minimum atomic E-state index is -1.26. The number of fused-ring (bicyclic) bond motifs is 3. The number of ether oxygens (including phenoxy) is 1. The lowest BCUT2D eigenvalue weighted by atomic mass is 9.98. The number of nitrogens with one attached hydrogen (secondary N) is 1. The number of aromatic nitrogens is 1. The third-order valence-corrected chi connectivity index (χ3v) is 5.60. The summed E-state index contributed by atoms with van der Waals surface area (Å²) in [5, 5.41) is 23.2. The molecule has 154 valence electrons. The highest BCUT2D eigenvalue weighted by atomic mass is 35.5. The molecule has 0 spiro atoms.